The van der Waals surface area contributed by atoms with E-state index in [1.54, 1.807) is 0 Å². The molecular formula is C4H12NRh-. The van der Waals surface area contributed by atoms with E-state index < -0.39 is 0 Å². The Bertz CT molecular complexity index is 12.3. The summed E-state index contributed by atoms with van der Waals surface area (Å²) in [7, 11) is 6.00. The predicted octanol–water partition coefficient (Wildman–Crippen LogP) is 0.626. The van der Waals surface area contributed by atoms with Crippen molar-refractivity contribution in [1.29, 1.82) is 0 Å². The minimum Gasteiger partial charge on any atom is -0.358 e. The normalized spacial score (nSPS) is 6.00. The fourth-order valence-electron chi connectivity index (χ4n) is 0. The van der Waals surface area contributed by atoms with Crippen LogP contribution in [0, 0.1) is 7.43 Å². The summed E-state index contributed by atoms with van der Waals surface area (Å²) >= 11 is 0. The van der Waals surface area contributed by atoms with Crippen molar-refractivity contribution in [3.05, 3.63) is 7.43 Å². The molecule has 43 valence electrons. The van der Waals surface area contributed by atoms with Crippen LogP contribution in [-0.2, 0) is 19.5 Å². The van der Waals surface area contributed by atoms with Crippen molar-refractivity contribution in [2.75, 3.05) is 21.1 Å². The van der Waals surface area contributed by atoms with Crippen LogP contribution in [0.25, 0.3) is 0 Å². The maximum absolute atomic E-state index is 2.00. The van der Waals surface area contributed by atoms with Gasteiger partial charge in [0.2, 0.25) is 0 Å². The molecule has 0 aromatic carbocycles. The van der Waals surface area contributed by atoms with Crippen LogP contribution in [0.15, 0.2) is 0 Å². The Morgan fingerprint density at radius 3 is 1.00 bits per heavy atom. The first kappa shape index (κ1) is 16.0. The van der Waals surface area contributed by atoms with Gasteiger partial charge in [-0.2, -0.15) is 0 Å². The van der Waals surface area contributed by atoms with Gasteiger partial charge in [-0.1, -0.05) is 0 Å². The molecule has 1 nitrogen and oxygen atoms in total. The molecule has 0 aromatic rings. The Kier molecular flexibility index (Phi) is 24.3. The summed E-state index contributed by atoms with van der Waals surface area (Å²) in [4.78, 5) is 2.00. The van der Waals surface area contributed by atoms with E-state index in [0.29, 0.717) is 0 Å². The van der Waals surface area contributed by atoms with Gasteiger partial charge >= 0.3 is 0 Å². The molecule has 0 aliphatic rings. The summed E-state index contributed by atoms with van der Waals surface area (Å²) in [5.74, 6) is 0. The third-order valence-corrected chi connectivity index (χ3v) is 0. The Morgan fingerprint density at radius 2 is 1.00 bits per heavy atom. The first-order valence-electron chi connectivity index (χ1n) is 1.34. The van der Waals surface area contributed by atoms with Gasteiger partial charge in [-0.05, 0) is 21.1 Å². The van der Waals surface area contributed by atoms with Gasteiger partial charge in [0, 0.05) is 19.5 Å². The Labute approximate surface area is 53.5 Å². The molecule has 0 spiro atoms. The molecule has 0 N–H and O–H groups in total. The Morgan fingerprint density at radius 1 is 1.00 bits per heavy atom. The van der Waals surface area contributed by atoms with Crippen molar-refractivity contribution < 1.29 is 19.5 Å². The van der Waals surface area contributed by atoms with Gasteiger partial charge in [-0.15, -0.1) is 0 Å². The molecule has 0 amide bonds. The molecule has 0 saturated heterocycles. The fraction of sp³-hybridized carbons (Fsp3) is 0.750. The molecule has 0 unspecified atom stereocenters. The molecular weight excluding hydrogens is 165 g/mol. The zero-order chi connectivity index (χ0) is 3.58. The van der Waals surface area contributed by atoms with Gasteiger partial charge in [0.25, 0.3) is 0 Å². The van der Waals surface area contributed by atoms with Gasteiger partial charge in [0.1, 0.15) is 0 Å². The topological polar surface area (TPSA) is 3.24 Å². The van der Waals surface area contributed by atoms with E-state index >= 15 is 0 Å². The molecule has 0 fully saturated rings. The molecule has 6 heavy (non-hydrogen) atoms. The average molecular weight is 177 g/mol. The van der Waals surface area contributed by atoms with Crippen molar-refractivity contribution in [3.8, 4) is 0 Å². The monoisotopic (exact) mass is 177 g/mol. The van der Waals surface area contributed by atoms with Crippen LogP contribution >= 0.6 is 0 Å². The van der Waals surface area contributed by atoms with Crippen LogP contribution in [-0.4, -0.2) is 26.0 Å². The molecule has 1 radical (unpaired) electrons. The minimum absolute atomic E-state index is 0. The molecule has 0 bridgehead atoms. The SMILES string of the molecule is CN(C)C.[CH3-].[Rh]. The zero-order valence-electron chi connectivity index (χ0n) is 4.78. The number of rotatable bonds is 0. The van der Waals surface area contributed by atoms with Gasteiger partial charge in [-0.25, -0.2) is 0 Å². The number of nitrogens with zero attached hydrogens (tertiary/aromatic N) is 1. The van der Waals surface area contributed by atoms with Gasteiger partial charge < -0.3 is 12.3 Å². The summed E-state index contributed by atoms with van der Waals surface area (Å²) in [5.41, 5.74) is 0. The second-order valence-electron chi connectivity index (χ2n) is 1.34. The van der Waals surface area contributed by atoms with E-state index in [-0.39, 0.29) is 26.9 Å². The van der Waals surface area contributed by atoms with E-state index in [9.17, 15) is 0 Å². The van der Waals surface area contributed by atoms with E-state index in [1.165, 1.54) is 0 Å². The molecule has 0 saturated carbocycles. The predicted molar refractivity (Wildman–Crippen MR) is 26.0 cm³/mol. The summed E-state index contributed by atoms with van der Waals surface area (Å²) < 4.78 is 0. The van der Waals surface area contributed by atoms with Crippen LogP contribution in [0.1, 0.15) is 0 Å². The number of hydrogen-bond acceptors (Lipinski definition) is 1. The van der Waals surface area contributed by atoms with Crippen molar-refractivity contribution in [2.45, 2.75) is 0 Å². The molecule has 0 aromatic heterocycles. The Hall–Kier alpha value is 0.583. The van der Waals surface area contributed by atoms with Crippen LogP contribution in [0.3, 0.4) is 0 Å². The van der Waals surface area contributed by atoms with Gasteiger partial charge in [0.05, 0.1) is 0 Å². The van der Waals surface area contributed by atoms with E-state index in [0.717, 1.165) is 0 Å². The van der Waals surface area contributed by atoms with E-state index in [2.05, 4.69) is 0 Å². The third kappa shape index (κ3) is 173. The summed E-state index contributed by atoms with van der Waals surface area (Å²) in [5, 5.41) is 0. The van der Waals surface area contributed by atoms with E-state index in [4.69, 9.17) is 0 Å². The standard InChI is InChI=1S/C3H9N.CH3.Rh/c1-4(2)3;;/h1-3H3;1H3;/q;-1;. The Balaban J connectivity index is -0.0000000450. The van der Waals surface area contributed by atoms with E-state index in [1.807, 2.05) is 26.0 Å². The van der Waals surface area contributed by atoms with Gasteiger partial charge in [-0.3, -0.25) is 0 Å². The summed E-state index contributed by atoms with van der Waals surface area (Å²) in [6.07, 6.45) is 0. The minimum atomic E-state index is 0. The number of hydrogen-bond donors (Lipinski definition) is 0. The summed E-state index contributed by atoms with van der Waals surface area (Å²) in [6.45, 7) is 0. The maximum Gasteiger partial charge on any atom is 0 e. The first-order valence-corrected chi connectivity index (χ1v) is 1.34. The smallest absolute Gasteiger partial charge is 0 e. The van der Waals surface area contributed by atoms with Crippen LogP contribution < -0.4 is 0 Å². The first-order chi connectivity index (χ1) is 1.73. The van der Waals surface area contributed by atoms with Crippen molar-refractivity contribution in [1.82, 2.24) is 4.90 Å². The molecule has 0 heterocycles. The molecule has 0 aliphatic heterocycles. The fourth-order valence-corrected chi connectivity index (χ4v) is 0. The van der Waals surface area contributed by atoms with Crippen molar-refractivity contribution >= 4 is 0 Å². The van der Waals surface area contributed by atoms with Gasteiger partial charge in [0.15, 0.2) is 0 Å². The summed E-state index contributed by atoms with van der Waals surface area (Å²) in [6, 6.07) is 0. The zero-order valence-corrected chi connectivity index (χ0v) is 6.42. The largest absolute Gasteiger partial charge is 0.358 e. The second-order valence-corrected chi connectivity index (χ2v) is 1.34. The van der Waals surface area contributed by atoms with Crippen LogP contribution in [0.4, 0.5) is 0 Å². The van der Waals surface area contributed by atoms with Crippen LogP contribution in [0.5, 0.6) is 0 Å². The molecule has 0 rings (SSSR count). The quantitative estimate of drug-likeness (QED) is 0.387. The van der Waals surface area contributed by atoms with Crippen LogP contribution in [0.2, 0.25) is 0 Å². The molecule has 2 heteroatoms. The maximum atomic E-state index is 2.00. The van der Waals surface area contributed by atoms with Crippen molar-refractivity contribution in [3.63, 3.8) is 0 Å². The molecule has 0 atom stereocenters. The third-order valence-electron chi connectivity index (χ3n) is 0. The molecule has 0 aliphatic carbocycles. The average Bonchev–Trinajstić information content (AvgIpc) is 0.811. The second kappa shape index (κ2) is 9.13. The van der Waals surface area contributed by atoms with Crippen molar-refractivity contribution in [2.24, 2.45) is 0 Å².